The zero-order valence-electron chi connectivity index (χ0n) is 16.0. The van der Waals surface area contributed by atoms with E-state index in [-0.39, 0.29) is 0 Å². The smallest absolute Gasteiger partial charge is 0.147 e. The Hall–Kier alpha value is -2.73. The van der Waals surface area contributed by atoms with Gasteiger partial charge in [0.25, 0.3) is 0 Å². The van der Waals surface area contributed by atoms with Crippen LogP contribution in [0, 0.1) is 6.92 Å². The van der Waals surface area contributed by atoms with Gasteiger partial charge in [0.05, 0.1) is 18.4 Å². The first kappa shape index (κ1) is 17.7. The van der Waals surface area contributed by atoms with Crippen molar-refractivity contribution in [2.45, 2.75) is 33.0 Å². The van der Waals surface area contributed by atoms with E-state index in [0.717, 1.165) is 38.5 Å². The number of rotatable bonds is 5. The van der Waals surface area contributed by atoms with Crippen molar-refractivity contribution in [3.8, 4) is 0 Å². The summed E-state index contributed by atoms with van der Waals surface area (Å²) >= 11 is 0. The standard InChI is InChI=1S/C21H26N6/c1-3-27-17(2)19(13-24-27)15-25-11-12-26(21-14-22-9-10-23-21)16-20(25)18-7-5-4-6-8-18/h4-10,13-14,20H,3,11-12,15-16H2,1-2H3. The van der Waals surface area contributed by atoms with Crippen LogP contribution in [0.25, 0.3) is 0 Å². The van der Waals surface area contributed by atoms with Crippen LogP contribution in [0.3, 0.4) is 0 Å². The van der Waals surface area contributed by atoms with Gasteiger partial charge in [-0.05, 0) is 19.4 Å². The van der Waals surface area contributed by atoms with Gasteiger partial charge < -0.3 is 4.90 Å². The topological polar surface area (TPSA) is 50.1 Å². The van der Waals surface area contributed by atoms with Crippen LogP contribution in [0.1, 0.15) is 29.8 Å². The fraction of sp³-hybridized carbons (Fsp3) is 0.381. The summed E-state index contributed by atoms with van der Waals surface area (Å²) in [4.78, 5) is 13.6. The van der Waals surface area contributed by atoms with E-state index in [1.165, 1.54) is 16.8 Å². The monoisotopic (exact) mass is 362 g/mol. The minimum atomic E-state index is 0.311. The molecule has 1 aliphatic heterocycles. The minimum absolute atomic E-state index is 0.311. The molecule has 1 fully saturated rings. The summed E-state index contributed by atoms with van der Waals surface area (Å²) in [5.41, 5.74) is 3.91. The molecule has 140 valence electrons. The van der Waals surface area contributed by atoms with Crippen LogP contribution in [0.5, 0.6) is 0 Å². The van der Waals surface area contributed by atoms with Crippen molar-refractivity contribution < 1.29 is 0 Å². The number of piperazine rings is 1. The molecule has 0 spiro atoms. The number of nitrogens with zero attached hydrogens (tertiary/aromatic N) is 6. The molecule has 0 bridgehead atoms. The lowest BCUT2D eigenvalue weighted by atomic mass is 10.0. The summed E-state index contributed by atoms with van der Waals surface area (Å²) in [5, 5.41) is 4.52. The summed E-state index contributed by atoms with van der Waals surface area (Å²) in [5.74, 6) is 0.952. The highest BCUT2D eigenvalue weighted by atomic mass is 15.3. The van der Waals surface area contributed by atoms with Gasteiger partial charge in [0.2, 0.25) is 0 Å². The molecule has 1 aliphatic rings. The predicted molar refractivity (Wildman–Crippen MR) is 106 cm³/mol. The molecule has 3 aromatic rings. The fourth-order valence-electron chi connectivity index (χ4n) is 3.84. The third-order valence-electron chi connectivity index (χ3n) is 5.43. The van der Waals surface area contributed by atoms with Crippen LogP contribution in [-0.4, -0.2) is 44.3 Å². The highest BCUT2D eigenvalue weighted by Gasteiger charge is 2.29. The maximum absolute atomic E-state index is 4.52. The van der Waals surface area contributed by atoms with Crippen molar-refractivity contribution in [3.05, 3.63) is 71.9 Å². The molecule has 1 saturated heterocycles. The third kappa shape index (κ3) is 3.71. The zero-order chi connectivity index (χ0) is 18.6. The normalized spacial score (nSPS) is 18.0. The van der Waals surface area contributed by atoms with Crippen molar-refractivity contribution in [2.75, 3.05) is 24.5 Å². The van der Waals surface area contributed by atoms with Gasteiger partial charge in [0, 0.05) is 56.4 Å². The van der Waals surface area contributed by atoms with Crippen molar-refractivity contribution in [1.29, 1.82) is 0 Å². The Balaban J connectivity index is 1.59. The first-order chi connectivity index (χ1) is 13.3. The summed E-state index contributed by atoms with van der Waals surface area (Å²) in [6, 6.07) is 11.1. The molecule has 0 saturated carbocycles. The molecule has 1 atom stereocenters. The Bertz CT molecular complexity index is 861. The summed E-state index contributed by atoms with van der Waals surface area (Å²) < 4.78 is 2.07. The van der Waals surface area contributed by atoms with E-state index in [1.54, 1.807) is 12.4 Å². The molecule has 0 aliphatic carbocycles. The molecule has 4 rings (SSSR count). The SMILES string of the molecule is CCn1ncc(CN2CCN(c3cnccn3)CC2c2ccccc2)c1C. The molecular formula is C21H26N6. The molecular weight excluding hydrogens is 336 g/mol. The minimum Gasteiger partial charge on any atom is -0.352 e. The largest absolute Gasteiger partial charge is 0.352 e. The van der Waals surface area contributed by atoms with E-state index in [0.29, 0.717) is 6.04 Å². The van der Waals surface area contributed by atoms with Crippen LogP contribution in [-0.2, 0) is 13.1 Å². The van der Waals surface area contributed by atoms with Gasteiger partial charge in [-0.15, -0.1) is 0 Å². The predicted octanol–water partition coefficient (Wildman–Crippen LogP) is 3.06. The highest BCUT2D eigenvalue weighted by Crippen LogP contribution is 2.29. The van der Waals surface area contributed by atoms with Crippen molar-refractivity contribution in [2.24, 2.45) is 0 Å². The van der Waals surface area contributed by atoms with E-state index in [4.69, 9.17) is 0 Å². The van der Waals surface area contributed by atoms with Crippen LogP contribution in [0.4, 0.5) is 5.82 Å². The number of aryl methyl sites for hydroxylation is 1. The second-order valence-electron chi connectivity index (χ2n) is 6.98. The van der Waals surface area contributed by atoms with E-state index in [9.17, 15) is 0 Å². The van der Waals surface area contributed by atoms with E-state index in [1.807, 2.05) is 12.4 Å². The fourth-order valence-corrected chi connectivity index (χ4v) is 3.84. The lowest BCUT2D eigenvalue weighted by molar-refractivity contribution is 0.168. The van der Waals surface area contributed by atoms with Crippen LogP contribution in [0.2, 0.25) is 0 Å². The molecule has 1 aromatic carbocycles. The van der Waals surface area contributed by atoms with Gasteiger partial charge in [0.1, 0.15) is 5.82 Å². The van der Waals surface area contributed by atoms with Gasteiger partial charge >= 0.3 is 0 Å². The Labute approximate surface area is 160 Å². The number of hydrogen-bond acceptors (Lipinski definition) is 5. The van der Waals surface area contributed by atoms with Gasteiger partial charge in [-0.2, -0.15) is 5.10 Å². The summed E-state index contributed by atoms with van der Waals surface area (Å²) in [6.45, 7) is 8.96. The molecule has 6 nitrogen and oxygen atoms in total. The van der Waals surface area contributed by atoms with Gasteiger partial charge in [-0.25, -0.2) is 4.98 Å². The molecule has 1 unspecified atom stereocenters. The Morgan fingerprint density at radius 2 is 1.93 bits per heavy atom. The average molecular weight is 362 g/mol. The Morgan fingerprint density at radius 3 is 2.63 bits per heavy atom. The molecule has 6 heteroatoms. The third-order valence-corrected chi connectivity index (χ3v) is 5.43. The first-order valence-electron chi connectivity index (χ1n) is 9.57. The van der Waals surface area contributed by atoms with Crippen LogP contribution in [0.15, 0.2) is 55.1 Å². The second kappa shape index (κ2) is 7.88. The van der Waals surface area contributed by atoms with E-state index >= 15 is 0 Å². The van der Waals surface area contributed by atoms with E-state index in [2.05, 4.69) is 73.7 Å². The molecule has 27 heavy (non-hydrogen) atoms. The van der Waals surface area contributed by atoms with E-state index < -0.39 is 0 Å². The van der Waals surface area contributed by atoms with Gasteiger partial charge in [-0.1, -0.05) is 30.3 Å². The summed E-state index contributed by atoms with van der Waals surface area (Å²) in [6.07, 6.45) is 7.37. The molecule has 0 amide bonds. The maximum atomic E-state index is 4.52. The quantitative estimate of drug-likeness (QED) is 0.698. The lowest BCUT2D eigenvalue weighted by Gasteiger charge is -2.42. The number of benzene rings is 1. The van der Waals surface area contributed by atoms with Crippen molar-refractivity contribution >= 4 is 5.82 Å². The molecule has 0 N–H and O–H groups in total. The molecule has 2 aromatic heterocycles. The van der Waals surface area contributed by atoms with Crippen LogP contribution >= 0.6 is 0 Å². The maximum Gasteiger partial charge on any atom is 0.147 e. The molecule has 3 heterocycles. The average Bonchev–Trinajstić information content (AvgIpc) is 3.09. The lowest BCUT2D eigenvalue weighted by Crippen LogP contribution is -2.48. The van der Waals surface area contributed by atoms with Crippen molar-refractivity contribution in [1.82, 2.24) is 24.6 Å². The Kier molecular flexibility index (Phi) is 5.16. The number of hydrogen-bond donors (Lipinski definition) is 0. The number of anilines is 1. The highest BCUT2D eigenvalue weighted by molar-refractivity contribution is 5.38. The molecule has 0 radical (unpaired) electrons. The first-order valence-corrected chi connectivity index (χ1v) is 9.57. The van der Waals surface area contributed by atoms with Gasteiger partial charge in [-0.3, -0.25) is 14.6 Å². The van der Waals surface area contributed by atoms with Crippen LogP contribution < -0.4 is 4.90 Å². The Morgan fingerprint density at radius 1 is 1.07 bits per heavy atom. The summed E-state index contributed by atoms with van der Waals surface area (Å²) in [7, 11) is 0. The second-order valence-corrected chi connectivity index (χ2v) is 6.98. The van der Waals surface area contributed by atoms with Gasteiger partial charge in [0.15, 0.2) is 0 Å². The van der Waals surface area contributed by atoms with Crippen molar-refractivity contribution in [3.63, 3.8) is 0 Å². The zero-order valence-corrected chi connectivity index (χ0v) is 16.0. The number of aromatic nitrogens is 4.